The molecule has 8 heteroatoms. The number of rotatable bonds is 8. The summed E-state index contributed by atoms with van der Waals surface area (Å²) in [5.74, 6) is -0.571. The minimum absolute atomic E-state index is 0.0849. The van der Waals surface area contributed by atoms with Gasteiger partial charge < -0.3 is 15.4 Å². The van der Waals surface area contributed by atoms with Crippen LogP contribution >= 0.6 is 0 Å². The van der Waals surface area contributed by atoms with Crippen molar-refractivity contribution in [2.24, 2.45) is 0 Å². The van der Waals surface area contributed by atoms with Crippen molar-refractivity contribution in [3.05, 3.63) is 99.6 Å². The van der Waals surface area contributed by atoms with E-state index in [4.69, 9.17) is 4.74 Å². The highest BCUT2D eigenvalue weighted by Gasteiger charge is 2.17. The van der Waals surface area contributed by atoms with E-state index >= 15 is 0 Å². The third-order valence-corrected chi connectivity index (χ3v) is 4.83. The van der Waals surface area contributed by atoms with Crippen LogP contribution in [-0.2, 0) is 4.79 Å². The van der Waals surface area contributed by atoms with Crippen LogP contribution in [0.5, 0.6) is 5.75 Å². The van der Waals surface area contributed by atoms with Crippen molar-refractivity contribution >= 4 is 23.2 Å². The number of aryl methyl sites for hydroxylation is 1. The summed E-state index contributed by atoms with van der Waals surface area (Å²) in [7, 11) is 0. The highest BCUT2D eigenvalue weighted by Crippen LogP contribution is 2.23. The third-order valence-electron chi connectivity index (χ3n) is 4.83. The van der Waals surface area contributed by atoms with Gasteiger partial charge >= 0.3 is 0 Å². The first kappa shape index (κ1) is 22.5. The van der Waals surface area contributed by atoms with Crippen LogP contribution in [0.1, 0.15) is 34.5 Å². The molecule has 0 aliphatic rings. The molecule has 0 bridgehead atoms. The molecule has 2 N–H and O–H groups in total. The minimum atomic E-state index is -0.507. The highest BCUT2D eigenvalue weighted by atomic mass is 16.6. The lowest BCUT2D eigenvalue weighted by molar-refractivity contribution is -0.385. The Labute approximate surface area is 185 Å². The first-order chi connectivity index (χ1) is 15.3. The Hall–Kier alpha value is -4.20. The number of carbonyl (C=O) groups excluding carboxylic acids is 2. The second-order valence-corrected chi connectivity index (χ2v) is 7.20. The van der Waals surface area contributed by atoms with Gasteiger partial charge in [-0.2, -0.15) is 0 Å². The van der Waals surface area contributed by atoms with Gasteiger partial charge in [0.15, 0.2) is 6.61 Å². The lowest BCUT2D eigenvalue weighted by atomic mass is 10.1. The van der Waals surface area contributed by atoms with Crippen molar-refractivity contribution in [1.29, 1.82) is 0 Å². The lowest BCUT2D eigenvalue weighted by Gasteiger charge is -2.16. The Bertz CT molecular complexity index is 1130. The second kappa shape index (κ2) is 10.2. The number of hydrogen-bond donors (Lipinski definition) is 2. The van der Waals surface area contributed by atoms with E-state index in [9.17, 15) is 19.7 Å². The Balaban J connectivity index is 1.63. The van der Waals surface area contributed by atoms with E-state index in [0.717, 1.165) is 5.56 Å². The molecule has 0 fully saturated rings. The van der Waals surface area contributed by atoms with E-state index < -0.39 is 10.8 Å². The summed E-state index contributed by atoms with van der Waals surface area (Å²) in [4.78, 5) is 35.6. The van der Waals surface area contributed by atoms with Gasteiger partial charge in [0.2, 0.25) is 0 Å². The molecule has 3 rings (SSSR count). The summed E-state index contributed by atoms with van der Waals surface area (Å²) in [6.45, 7) is 3.14. The number of benzene rings is 3. The van der Waals surface area contributed by atoms with Crippen molar-refractivity contribution < 1.29 is 19.2 Å². The summed E-state index contributed by atoms with van der Waals surface area (Å²) >= 11 is 0. The first-order valence-electron chi connectivity index (χ1n) is 9.97. The van der Waals surface area contributed by atoms with Gasteiger partial charge in [-0.1, -0.05) is 48.5 Å². The molecule has 0 unspecified atom stereocenters. The van der Waals surface area contributed by atoms with Gasteiger partial charge in [-0.25, -0.2) is 0 Å². The van der Waals surface area contributed by atoms with E-state index in [0.29, 0.717) is 16.8 Å². The molecule has 32 heavy (non-hydrogen) atoms. The molecule has 164 valence electrons. The molecule has 3 aromatic carbocycles. The maximum absolute atomic E-state index is 12.8. The molecule has 0 saturated heterocycles. The van der Waals surface area contributed by atoms with Gasteiger partial charge in [-0.05, 0) is 37.6 Å². The minimum Gasteiger partial charge on any atom is -0.483 e. The molecule has 0 saturated carbocycles. The average Bonchev–Trinajstić information content (AvgIpc) is 2.79. The normalized spacial score (nSPS) is 11.3. The molecule has 3 aromatic rings. The Morgan fingerprint density at radius 3 is 2.44 bits per heavy atom. The van der Waals surface area contributed by atoms with Gasteiger partial charge in [0.1, 0.15) is 5.75 Å². The summed E-state index contributed by atoms with van der Waals surface area (Å²) in [5, 5.41) is 16.6. The molecule has 0 spiro atoms. The third kappa shape index (κ3) is 5.69. The fourth-order valence-corrected chi connectivity index (χ4v) is 3.10. The van der Waals surface area contributed by atoms with Gasteiger partial charge in [-0.15, -0.1) is 0 Å². The second-order valence-electron chi connectivity index (χ2n) is 7.20. The monoisotopic (exact) mass is 433 g/mol. The zero-order chi connectivity index (χ0) is 23.1. The lowest BCUT2D eigenvalue weighted by Crippen LogP contribution is -2.27. The number of nitro groups is 1. The SMILES string of the molecule is Cc1ccc(NC(=O)COc2ccccc2C(=O)N[C@H](C)c2ccccc2)cc1[N+](=O)[O-]. The maximum Gasteiger partial charge on any atom is 0.274 e. The zero-order valence-electron chi connectivity index (χ0n) is 17.7. The van der Waals surface area contributed by atoms with Crippen LogP contribution in [-0.4, -0.2) is 23.3 Å². The topological polar surface area (TPSA) is 111 Å². The number of para-hydroxylation sites is 1. The van der Waals surface area contributed by atoms with E-state index in [1.165, 1.54) is 6.07 Å². The van der Waals surface area contributed by atoms with Crippen LogP contribution in [0.25, 0.3) is 0 Å². The number of nitrogens with zero attached hydrogens (tertiary/aromatic N) is 1. The van der Waals surface area contributed by atoms with Crippen LogP contribution in [0.3, 0.4) is 0 Å². The Morgan fingerprint density at radius 2 is 1.72 bits per heavy atom. The zero-order valence-corrected chi connectivity index (χ0v) is 17.7. The molecule has 0 aliphatic heterocycles. The van der Waals surface area contributed by atoms with Crippen LogP contribution < -0.4 is 15.4 Å². The number of amides is 2. The van der Waals surface area contributed by atoms with E-state index in [2.05, 4.69) is 10.6 Å². The van der Waals surface area contributed by atoms with Crippen molar-refractivity contribution in [3.8, 4) is 5.75 Å². The van der Waals surface area contributed by atoms with Gasteiger partial charge in [-0.3, -0.25) is 19.7 Å². The molecule has 0 radical (unpaired) electrons. The molecule has 2 amide bonds. The van der Waals surface area contributed by atoms with Crippen molar-refractivity contribution in [2.75, 3.05) is 11.9 Å². The molecule has 1 atom stereocenters. The molecule has 0 aromatic heterocycles. The number of carbonyl (C=O) groups is 2. The number of nitro benzene ring substituents is 1. The number of hydrogen-bond acceptors (Lipinski definition) is 5. The van der Waals surface area contributed by atoms with E-state index in [1.807, 2.05) is 37.3 Å². The van der Waals surface area contributed by atoms with Crippen LogP contribution in [0.15, 0.2) is 72.8 Å². The molecular weight excluding hydrogens is 410 g/mol. The summed E-state index contributed by atoms with van der Waals surface area (Å²) < 4.78 is 5.57. The van der Waals surface area contributed by atoms with Crippen LogP contribution in [0.4, 0.5) is 11.4 Å². The van der Waals surface area contributed by atoms with Crippen LogP contribution in [0, 0.1) is 17.0 Å². The molecule has 8 nitrogen and oxygen atoms in total. The van der Waals surface area contributed by atoms with Gasteiger partial charge in [0.25, 0.3) is 17.5 Å². The van der Waals surface area contributed by atoms with Gasteiger partial charge in [0.05, 0.1) is 16.5 Å². The van der Waals surface area contributed by atoms with Crippen molar-refractivity contribution in [1.82, 2.24) is 5.32 Å². The first-order valence-corrected chi connectivity index (χ1v) is 9.97. The summed E-state index contributed by atoms with van der Waals surface area (Å²) in [6, 6.07) is 20.4. The largest absolute Gasteiger partial charge is 0.483 e. The van der Waals surface area contributed by atoms with E-state index in [1.54, 1.807) is 43.3 Å². The maximum atomic E-state index is 12.8. The molecule has 0 aliphatic carbocycles. The standard InChI is InChI=1S/C24H23N3O5/c1-16-12-13-19(14-21(16)27(30)31)26-23(28)15-32-22-11-7-6-10-20(22)24(29)25-17(2)18-8-4-3-5-9-18/h3-14,17H,15H2,1-2H3,(H,25,29)(H,26,28)/t17-/m1/s1. The quantitative estimate of drug-likeness (QED) is 0.404. The summed E-state index contributed by atoms with van der Waals surface area (Å²) in [5.41, 5.74) is 1.96. The highest BCUT2D eigenvalue weighted by molar-refractivity contribution is 5.97. The van der Waals surface area contributed by atoms with E-state index in [-0.39, 0.29) is 30.0 Å². The van der Waals surface area contributed by atoms with Crippen molar-refractivity contribution in [3.63, 3.8) is 0 Å². The number of nitrogens with one attached hydrogen (secondary N) is 2. The van der Waals surface area contributed by atoms with Crippen molar-refractivity contribution in [2.45, 2.75) is 19.9 Å². The Morgan fingerprint density at radius 1 is 1.03 bits per heavy atom. The predicted octanol–water partition coefficient (Wildman–Crippen LogP) is 4.41. The van der Waals surface area contributed by atoms with Gasteiger partial charge in [0, 0.05) is 17.3 Å². The smallest absolute Gasteiger partial charge is 0.274 e. The average molecular weight is 433 g/mol. The molecule has 0 heterocycles. The van der Waals surface area contributed by atoms with Crippen LogP contribution in [0.2, 0.25) is 0 Å². The molecular formula is C24H23N3O5. The summed E-state index contributed by atoms with van der Waals surface area (Å²) in [6.07, 6.45) is 0. The Kier molecular flexibility index (Phi) is 7.17. The number of ether oxygens (including phenoxy) is 1. The predicted molar refractivity (Wildman–Crippen MR) is 121 cm³/mol. The fraction of sp³-hybridized carbons (Fsp3) is 0.167. The number of anilines is 1. The fourth-order valence-electron chi connectivity index (χ4n) is 3.10.